The Labute approximate surface area is 153 Å². The lowest BCUT2D eigenvalue weighted by Gasteiger charge is -2.29. The first-order valence-corrected chi connectivity index (χ1v) is 9.24. The van der Waals surface area contributed by atoms with E-state index >= 15 is 0 Å². The summed E-state index contributed by atoms with van der Waals surface area (Å²) in [5, 5.41) is 5.41. The van der Waals surface area contributed by atoms with Gasteiger partial charge in [-0.2, -0.15) is 0 Å². The molecule has 9 heteroatoms. The van der Waals surface area contributed by atoms with Crippen molar-refractivity contribution in [3.05, 3.63) is 0 Å². The smallest absolute Gasteiger partial charge is 0.245 e. The summed E-state index contributed by atoms with van der Waals surface area (Å²) in [4.78, 5) is 50.0. The van der Waals surface area contributed by atoms with Crippen LogP contribution in [0.1, 0.15) is 45.4 Å². The van der Waals surface area contributed by atoms with Gasteiger partial charge in [0.2, 0.25) is 23.6 Å². The highest BCUT2D eigenvalue weighted by Crippen LogP contribution is 2.20. The Balaban J connectivity index is 2.07. The topological polar surface area (TPSA) is 148 Å². The van der Waals surface area contributed by atoms with Gasteiger partial charge in [0, 0.05) is 13.0 Å². The van der Waals surface area contributed by atoms with E-state index in [1.54, 1.807) is 0 Å². The molecular weight excluding hydrogens is 338 g/mol. The molecule has 2 heterocycles. The summed E-state index contributed by atoms with van der Waals surface area (Å²) in [6.07, 6.45) is 3.38. The predicted octanol–water partition coefficient (Wildman–Crippen LogP) is -1.40. The number of hydrogen-bond donors (Lipinski definition) is 4. The van der Waals surface area contributed by atoms with Crippen LogP contribution in [0.4, 0.5) is 0 Å². The van der Waals surface area contributed by atoms with Gasteiger partial charge < -0.3 is 27.0 Å². The van der Waals surface area contributed by atoms with Crippen molar-refractivity contribution in [2.24, 2.45) is 17.4 Å². The Morgan fingerprint density at radius 3 is 2.65 bits per heavy atom. The fraction of sp³-hybridized carbons (Fsp3) is 0.765. The Bertz CT molecular complexity index is 567. The van der Waals surface area contributed by atoms with Gasteiger partial charge in [-0.25, -0.2) is 0 Å². The molecule has 2 saturated heterocycles. The van der Waals surface area contributed by atoms with Crippen molar-refractivity contribution < 1.29 is 19.2 Å². The first-order chi connectivity index (χ1) is 12.3. The van der Waals surface area contributed by atoms with Crippen molar-refractivity contribution in [3.8, 4) is 0 Å². The molecule has 2 aliphatic heterocycles. The number of hydrogen-bond acceptors (Lipinski definition) is 5. The summed E-state index contributed by atoms with van der Waals surface area (Å²) in [5.74, 6) is -1.50. The number of nitrogens with one attached hydrogen (secondary N) is 2. The number of likely N-dealkylation sites (tertiary alicyclic amines) is 1. The van der Waals surface area contributed by atoms with Gasteiger partial charge in [-0.1, -0.05) is 6.92 Å². The minimum atomic E-state index is -0.751. The van der Waals surface area contributed by atoms with Crippen molar-refractivity contribution >= 4 is 23.6 Å². The molecule has 2 fully saturated rings. The SMILES string of the molecule is CC1CC(=O)N[C@@H]1C(=O)N[C@@H](CCCCN)C(=O)N1CCC[C@H]1C(N)=O. The van der Waals surface area contributed by atoms with Gasteiger partial charge in [-0.15, -0.1) is 0 Å². The molecule has 26 heavy (non-hydrogen) atoms. The third kappa shape index (κ3) is 4.72. The summed E-state index contributed by atoms with van der Waals surface area (Å²) in [6.45, 7) is 2.77. The van der Waals surface area contributed by atoms with Crippen LogP contribution >= 0.6 is 0 Å². The van der Waals surface area contributed by atoms with E-state index in [0.717, 1.165) is 6.42 Å². The molecule has 0 saturated carbocycles. The van der Waals surface area contributed by atoms with Crippen LogP contribution < -0.4 is 22.1 Å². The maximum Gasteiger partial charge on any atom is 0.245 e. The largest absolute Gasteiger partial charge is 0.368 e. The first kappa shape index (κ1) is 20.2. The van der Waals surface area contributed by atoms with Gasteiger partial charge in [0.25, 0.3) is 0 Å². The molecule has 146 valence electrons. The lowest BCUT2D eigenvalue weighted by atomic mass is 10.0. The minimum Gasteiger partial charge on any atom is -0.368 e. The second-order valence-corrected chi connectivity index (χ2v) is 7.16. The summed E-state index contributed by atoms with van der Waals surface area (Å²) >= 11 is 0. The van der Waals surface area contributed by atoms with Crippen molar-refractivity contribution in [1.82, 2.24) is 15.5 Å². The number of amides is 4. The molecule has 0 spiro atoms. The summed E-state index contributed by atoms with van der Waals surface area (Å²) in [5.41, 5.74) is 10.9. The average Bonchev–Trinajstić information content (AvgIpc) is 3.19. The van der Waals surface area contributed by atoms with Crippen molar-refractivity contribution in [3.63, 3.8) is 0 Å². The third-order valence-corrected chi connectivity index (χ3v) is 5.10. The zero-order valence-corrected chi connectivity index (χ0v) is 15.2. The van der Waals surface area contributed by atoms with Gasteiger partial charge in [0.1, 0.15) is 18.1 Å². The van der Waals surface area contributed by atoms with E-state index in [9.17, 15) is 19.2 Å². The van der Waals surface area contributed by atoms with E-state index in [4.69, 9.17) is 11.5 Å². The lowest BCUT2D eigenvalue weighted by Crippen LogP contribution is -2.55. The third-order valence-electron chi connectivity index (χ3n) is 5.10. The number of rotatable bonds is 8. The van der Waals surface area contributed by atoms with Gasteiger partial charge in [0.15, 0.2) is 0 Å². The van der Waals surface area contributed by atoms with Crippen LogP contribution in [-0.2, 0) is 19.2 Å². The van der Waals surface area contributed by atoms with Crippen molar-refractivity contribution in [2.45, 2.75) is 63.6 Å². The molecule has 0 bridgehead atoms. The van der Waals surface area contributed by atoms with Gasteiger partial charge in [0.05, 0.1) is 0 Å². The maximum atomic E-state index is 12.9. The van der Waals surface area contributed by atoms with Crippen LogP contribution in [0.15, 0.2) is 0 Å². The fourth-order valence-corrected chi connectivity index (χ4v) is 3.65. The van der Waals surface area contributed by atoms with Crippen LogP contribution in [-0.4, -0.2) is 59.7 Å². The average molecular weight is 367 g/mol. The van der Waals surface area contributed by atoms with E-state index in [-0.39, 0.29) is 23.6 Å². The zero-order chi connectivity index (χ0) is 19.3. The second-order valence-electron chi connectivity index (χ2n) is 7.16. The Hall–Kier alpha value is -2.16. The highest BCUT2D eigenvalue weighted by Gasteiger charge is 2.39. The van der Waals surface area contributed by atoms with E-state index < -0.39 is 24.0 Å². The lowest BCUT2D eigenvalue weighted by molar-refractivity contribution is -0.141. The van der Waals surface area contributed by atoms with Crippen molar-refractivity contribution in [2.75, 3.05) is 13.1 Å². The number of unbranched alkanes of at least 4 members (excludes halogenated alkanes) is 1. The van der Waals surface area contributed by atoms with Gasteiger partial charge in [-0.05, 0) is 44.6 Å². The van der Waals surface area contributed by atoms with E-state index in [2.05, 4.69) is 10.6 Å². The summed E-state index contributed by atoms with van der Waals surface area (Å²) < 4.78 is 0. The quantitative estimate of drug-likeness (QED) is 0.390. The second kappa shape index (κ2) is 8.98. The summed E-state index contributed by atoms with van der Waals surface area (Å²) in [7, 11) is 0. The molecular formula is C17H29N5O4. The molecule has 1 unspecified atom stereocenters. The molecule has 0 radical (unpaired) electrons. The van der Waals surface area contributed by atoms with Crippen LogP contribution in [0.2, 0.25) is 0 Å². The highest BCUT2D eigenvalue weighted by molar-refractivity contribution is 5.95. The van der Waals surface area contributed by atoms with Crippen LogP contribution in [0.5, 0.6) is 0 Å². The fourth-order valence-electron chi connectivity index (χ4n) is 3.65. The Kier molecular flexibility index (Phi) is 6.96. The predicted molar refractivity (Wildman–Crippen MR) is 94.5 cm³/mol. The van der Waals surface area contributed by atoms with Gasteiger partial charge in [-0.3, -0.25) is 19.2 Å². The number of primary amides is 1. The number of nitrogens with zero attached hydrogens (tertiary/aromatic N) is 1. The minimum absolute atomic E-state index is 0.132. The Morgan fingerprint density at radius 2 is 2.08 bits per heavy atom. The number of carbonyl (C=O) groups excluding carboxylic acids is 4. The zero-order valence-electron chi connectivity index (χ0n) is 15.2. The van der Waals surface area contributed by atoms with Gasteiger partial charge >= 0.3 is 0 Å². The molecule has 0 aromatic heterocycles. The molecule has 2 aliphatic rings. The molecule has 0 aliphatic carbocycles. The summed E-state index contributed by atoms with van der Waals surface area (Å²) in [6, 6.07) is -2.02. The van der Waals surface area contributed by atoms with Crippen LogP contribution in [0.3, 0.4) is 0 Å². The molecule has 9 nitrogen and oxygen atoms in total. The standard InChI is InChI=1S/C17H29N5O4/c1-10-9-13(23)21-14(10)16(25)20-11(5-2-3-7-18)17(26)22-8-4-6-12(22)15(19)24/h10-12,14H,2-9,18H2,1H3,(H2,19,24)(H,20,25)(H,21,23)/t10?,11-,12-,14-/m0/s1. The van der Waals surface area contributed by atoms with E-state index in [0.29, 0.717) is 45.2 Å². The molecule has 0 aromatic carbocycles. The van der Waals surface area contributed by atoms with Crippen LogP contribution in [0, 0.1) is 5.92 Å². The molecule has 6 N–H and O–H groups in total. The molecule has 4 atom stereocenters. The number of carbonyl (C=O) groups is 4. The van der Waals surface area contributed by atoms with E-state index in [1.807, 2.05) is 6.92 Å². The highest BCUT2D eigenvalue weighted by atomic mass is 16.2. The normalized spacial score (nSPS) is 26.5. The van der Waals surface area contributed by atoms with Crippen molar-refractivity contribution in [1.29, 1.82) is 0 Å². The Morgan fingerprint density at radius 1 is 1.35 bits per heavy atom. The molecule has 0 aromatic rings. The number of nitrogens with two attached hydrogens (primary N) is 2. The monoisotopic (exact) mass is 367 g/mol. The molecule has 2 rings (SSSR count). The van der Waals surface area contributed by atoms with E-state index in [1.165, 1.54) is 4.90 Å². The van der Waals surface area contributed by atoms with Crippen LogP contribution in [0.25, 0.3) is 0 Å². The first-order valence-electron chi connectivity index (χ1n) is 9.24. The molecule has 4 amide bonds. The maximum absolute atomic E-state index is 12.9.